The van der Waals surface area contributed by atoms with E-state index in [2.05, 4.69) is 5.32 Å². The van der Waals surface area contributed by atoms with Gasteiger partial charge in [0.1, 0.15) is 5.38 Å². The number of halogens is 1. The van der Waals surface area contributed by atoms with Crippen LogP contribution in [0.4, 0.5) is 0 Å². The zero-order valence-corrected chi connectivity index (χ0v) is 10.6. The summed E-state index contributed by atoms with van der Waals surface area (Å²) in [6.45, 7) is 6.85. The zero-order chi connectivity index (χ0) is 12.1. The third-order valence-electron chi connectivity index (χ3n) is 2.53. The summed E-state index contributed by atoms with van der Waals surface area (Å²) in [5.74, 6) is -0.165. The Morgan fingerprint density at radius 3 is 2.53 bits per heavy atom. The number of nitrogens with one attached hydrogen (secondary N) is 1. The second-order valence-corrected chi connectivity index (χ2v) is 4.95. The SMILES string of the molecule is CC(Cl)C(=O)NCC(C)(C)N(C)CCO. The first-order chi connectivity index (χ1) is 6.81. The fourth-order valence-electron chi connectivity index (χ4n) is 1.03. The molecular formula is C10H21ClN2O2. The monoisotopic (exact) mass is 236 g/mol. The molecule has 15 heavy (non-hydrogen) atoms. The van der Waals surface area contributed by atoms with Gasteiger partial charge in [-0.15, -0.1) is 11.6 Å². The number of carbonyl (C=O) groups is 1. The first-order valence-corrected chi connectivity index (χ1v) is 5.49. The van der Waals surface area contributed by atoms with Crippen molar-refractivity contribution in [3.8, 4) is 0 Å². The van der Waals surface area contributed by atoms with Crippen LogP contribution < -0.4 is 5.32 Å². The molecule has 0 saturated carbocycles. The van der Waals surface area contributed by atoms with Crippen molar-refractivity contribution in [3.05, 3.63) is 0 Å². The summed E-state index contributed by atoms with van der Waals surface area (Å²) >= 11 is 5.63. The van der Waals surface area contributed by atoms with E-state index in [0.29, 0.717) is 13.1 Å². The molecule has 0 aliphatic heterocycles. The minimum absolute atomic E-state index is 0.111. The van der Waals surface area contributed by atoms with Crippen molar-refractivity contribution in [2.24, 2.45) is 0 Å². The molecule has 0 bridgehead atoms. The number of amides is 1. The highest BCUT2D eigenvalue weighted by Crippen LogP contribution is 2.10. The van der Waals surface area contributed by atoms with Crippen LogP contribution in [0.3, 0.4) is 0 Å². The maximum Gasteiger partial charge on any atom is 0.237 e. The first-order valence-electron chi connectivity index (χ1n) is 5.05. The average Bonchev–Trinajstić information content (AvgIpc) is 2.14. The Bertz CT molecular complexity index is 208. The lowest BCUT2D eigenvalue weighted by Gasteiger charge is -2.35. The van der Waals surface area contributed by atoms with Crippen LogP contribution in [0.15, 0.2) is 0 Å². The zero-order valence-electron chi connectivity index (χ0n) is 9.88. The molecule has 0 aromatic rings. The number of nitrogens with zero attached hydrogens (tertiary/aromatic N) is 1. The number of rotatable bonds is 6. The van der Waals surface area contributed by atoms with E-state index >= 15 is 0 Å². The van der Waals surface area contributed by atoms with Gasteiger partial charge < -0.3 is 10.4 Å². The molecule has 1 amide bonds. The van der Waals surface area contributed by atoms with Gasteiger partial charge in [-0.05, 0) is 27.8 Å². The maximum atomic E-state index is 11.3. The number of carbonyl (C=O) groups excluding carboxylic acids is 1. The molecule has 5 heteroatoms. The summed E-state index contributed by atoms with van der Waals surface area (Å²) in [4.78, 5) is 13.3. The molecule has 0 aliphatic rings. The summed E-state index contributed by atoms with van der Waals surface area (Å²) in [5.41, 5.74) is -0.190. The number of aliphatic hydroxyl groups is 1. The predicted octanol–water partition coefficient (Wildman–Crippen LogP) is 0.433. The molecule has 0 aliphatic carbocycles. The van der Waals surface area contributed by atoms with Crippen LogP contribution in [0.5, 0.6) is 0 Å². The third kappa shape index (κ3) is 5.35. The van der Waals surface area contributed by atoms with Crippen molar-refractivity contribution in [2.45, 2.75) is 31.7 Å². The lowest BCUT2D eigenvalue weighted by Crippen LogP contribution is -2.51. The molecule has 4 nitrogen and oxygen atoms in total. The normalized spacial score (nSPS) is 14.1. The van der Waals surface area contributed by atoms with Crippen LogP contribution in [-0.2, 0) is 4.79 Å². The number of β-amino-alcohol motifs (C(OH)–C–C–N with tert-alkyl or cyclic N) is 1. The lowest BCUT2D eigenvalue weighted by molar-refractivity contribution is -0.121. The molecule has 0 heterocycles. The van der Waals surface area contributed by atoms with Gasteiger partial charge in [0.15, 0.2) is 0 Å². The van der Waals surface area contributed by atoms with Crippen LogP contribution in [-0.4, -0.2) is 53.6 Å². The molecule has 1 atom stereocenters. The largest absolute Gasteiger partial charge is 0.395 e. The van der Waals surface area contributed by atoms with Crippen molar-refractivity contribution in [3.63, 3.8) is 0 Å². The molecule has 0 saturated heterocycles. The quantitative estimate of drug-likeness (QED) is 0.658. The standard InChI is InChI=1S/C10H21ClN2O2/c1-8(11)9(15)12-7-10(2,3)13(4)5-6-14/h8,14H,5-7H2,1-4H3,(H,12,15). The van der Waals surface area contributed by atoms with E-state index in [1.165, 1.54) is 0 Å². The summed E-state index contributed by atoms with van der Waals surface area (Å²) in [7, 11) is 1.91. The van der Waals surface area contributed by atoms with Crippen molar-refractivity contribution < 1.29 is 9.90 Å². The van der Waals surface area contributed by atoms with Gasteiger partial charge in [0, 0.05) is 18.6 Å². The molecule has 0 rings (SSSR count). The smallest absolute Gasteiger partial charge is 0.237 e. The van der Waals surface area contributed by atoms with Crippen molar-refractivity contribution in [2.75, 3.05) is 26.7 Å². The third-order valence-corrected chi connectivity index (χ3v) is 2.72. The Hall–Kier alpha value is -0.320. The van der Waals surface area contributed by atoms with E-state index < -0.39 is 5.38 Å². The molecule has 0 radical (unpaired) electrons. The number of hydrogen-bond donors (Lipinski definition) is 2. The van der Waals surface area contributed by atoms with Crippen LogP contribution in [0, 0.1) is 0 Å². The fourth-order valence-corrected chi connectivity index (χ4v) is 1.11. The highest BCUT2D eigenvalue weighted by molar-refractivity contribution is 6.30. The van der Waals surface area contributed by atoms with Gasteiger partial charge >= 0.3 is 0 Å². The minimum Gasteiger partial charge on any atom is -0.395 e. The summed E-state index contributed by atoms with van der Waals surface area (Å²) in [6, 6.07) is 0. The van der Waals surface area contributed by atoms with E-state index in [1.807, 2.05) is 25.8 Å². The van der Waals surface area contributed by atoms with Gasteiger partial charge in [-0.3, -0.25) is 9.69 Å². The Morgan fingerprint density at radius 1 is 1.60 bits per heavy atom. The van der Waals surface area contributed by atoms with Crippen LogP contribution in [0.1, 0.15) is 20.8 Å². The van der Waals surface area contributed by atoms with E-state index in [9.17, 15) is 4.79 Å². The topological polar surface area (TPSA) is 52.6 Å². The first kappa shape index (κ1) is 14.7. The maximum absolute atomic E-state index is 11.3. The van der Waals surface area contributed by atoms with Crippen molar-refractivity contribution in [1.82, 2.24) is 10.2 Å². The van der Waals surface area contributed by atoms with Crippen LogP contribution in [0.2, 0.25) is 0 Å². The predicted molar refractivity (Wildman–Crippen MR) is 62.1 cm³/mol. The Balaban J connectivity index is 4.08. The van der Waals surface area contributed by atoms with Gasteiger partial charge in [0.05, 0.1) is 6.61 Å². The molecule has 0 aromatic heterocycles. The lowest BCUT2D eigenvalue weighted by atomic mass is 10.0. The Morgan fingerprint density at radius 2 is 2.13 bits per heavy atom. The summed E-state index contributed by atoms with van der Waals surface area (Å²) in [5, 5.41) is 11.1. The highest BCUT2D eigenvalue weighted by Gasteiger charge is 2.24. The summed E-state index contributed by atoms with van der Waals surface area (Å²) < 4.78 is 0. The van der Waals surface area contributed by atoms with E-state index in [4.69, 9.17) is 16.7 Å². The van der Waals surface area contributed by atoms with E-state index in [1.54, 1.807) is 6.92 Å². The van der Waals surface area contributed by atoms with E-state index in [-0.39, 0.29) is 18.1 Å². The molecule has 0 aromatic carbocycles. The second kappa shape index (κ2) is 6.30. The van der Waals surface area contributed by atoms with Crippen LogP contribution >= 0.6 is 11.6 Å². The van der Waals surface area contributed by atoms with Gasteiger partial charge in [0.2, 0.25) is 5.91 Å². The Labute approximate surface area is 96.6 Å². The van der Waals surface area contributed by atoms with Crippen molar-refractivity contribution >= 4 is 17.5 Å². The van der Waals surface area contributed by atoms with Gasteiger partial charge in [-0.2, -0.15) is 0 Å². The van der Waals surface area contributed by atoms with Gasteiger partial charge in [-0.1, -0.05) is 0 Å². The minimum atomic E-state index is -0.510. The molecular weight excluding hydrogens is 216 g/mol. The van der Waals surface area contributed by atoms with Crippen molar-refractivity contribution in [1.29, 1.82) is 0 Å². The molecule has 1 unspecified atom stereocenters. The average molecular weight is 237 g/mol. The molecule has 90 valence electrons. The van der Waals surface area contributed by atoms with Gasteiger partial charge in [0.25, 0.3) is 0 Å². The highest BCUT2D eigenvalue weighted by atomic mass is 35.5. The fraction of sp³-hybridized carbons (Fsp3) is 0.900. The number of likely N-dealkylation sites (N-methyl/N-ethyl adjacent to an activating group) is 1. The van der Waals surface area contributed by atoms with E-state index in [0.717, 1.165) is 0 Å². The molecule has 0 fully saturated rings. The van der Waals surface area contributed by atoms with Crippen LogP contribution in [0.25, 0.3) is 0 Å². The molecule has 0 spiro atoms. The second-order valence-electron chi connectivity index (χ2n) is 4.29. The molecule has 2 N–H and O–H groups in total. The number of aliphatic hydroxyl groups excluding tert-OH is 1. The Kier molecular flexibility index (Phi) is 6.17. The van der Waals surface area contributed by atoms with Gasteiger partial charge in [-0.25, -0.2) is 0 Å². The number of hydrogen-bond acceptors (Lipinski definition) is 3. The summed E-state index contributed by atoms with van der Waals surface area (Å²) in [6.07, 6.45) is 0. The number of alkyl halides is 1.